The molecule has 0 amide bonds. The third-order valence-electron chi connectivity index (χ3n) is 6.44. The summed E-state index contributed by atoms with van der Waals surface area (Å²) < 4.78 is 66.6. The van der Waals surface area contributed by atoms with E-state index in [1.54, 1.807) is 6.07 Å². The maximum absolute atomic E-state index is 13.1. The van der Waals surface area contributed by atoms with E-state index < -0.39 is 36.1 Å². The van der Waals surface area contributed by atoms with Crippen molar-refractivity contribution in [2.45, 2.75) is 48.4 Å². The fourth-order valence-electron chi connectivity index (χ4n) is 4.35. The number of esters is 1. The number of hydrogen-bond donors (Lipinski definition) is 0. The number of carbonyl (C=O) groups is 1. The number of hydrogen-bond acceptors (Lipinski definition) is 10. The molecule has 1 aromatic heterocycles. The summed E-state index contributed by atoms with van der Waals surface area (Å²) in [4.78, 5) is 18.0. The zero-order chi connectivity index (χ0) is 24.3. The lowest BCUT2D eigenvalue weighted by atomic mass is 9.91. The minimum Gasteiger partial charge on any atom is -0.469 e. The van der Waals surface area contributed by atoms with Gasteiger partial charge in [0.2, 0.25) is 0 Å². The molecule has 0 aliphatic carbocycles. The highest BCUT2D eigenvalue weighted by molar-refractivity contribution is 7.92. The average molecular weight is 505 g/mol. The molecule has 3 rings (SSSR count). The van der Waals surface area contributed by atoms with Crippen molar-refractivity contribution in [1.29, 1.82) is 0 Å². The summed E-state index contributed by atoms with van der Waals surface area (Å²) in [5.74, 6) is -0.731. The van der Waals surface area contributed by atoms with Crippen LogP contribution in [0, 0.1) is 0 Å². The molecule has 1 aromatic rings. The van der Waals surface area contributed by atoms with Gasteiger partial charge >= 0.3 is 5.97 Å². The molecule has 12 heteroatoms. The molecule has 1 atom stereocenters. The van der Waals surface area contributed by atoms with Gasteiger partial charge in [0.05, 0.1) is 38.5 Å². The van der Waals surface area contributed by atoms with Gasteiger partial charge in [-0.3, -0.25) is 4.79 Å². The fraction of sp³-hybridized carbons (Fsp3) is 0.714. The molecule has 33 heavy (non-hydrogen) atoms. The van der Waals surface area contributed by atoms with Crippen molar-refractivity contribution in [3.8, 4) is 0 Å². The predicted octanol–water partition coefficient (Wildman–Crippen LogP) is 1.08. The van der Waals surface area contributed by atoms with Gasteiger partial charge in [0.25, 0.3) is 0 Å². The molecule has 10 nitrogen and oxygen atoms in total. The van der Waals surface area contributed by atoms with Crippen LogP contribution in [-0.2, 0) is 43.4 Å². The Morgan fingerprint density at radius 2 is 1.88 bits per heavy atom. The number of rotatable bonds is 8. The van der Waals surface area contributed by atoms with Gasteiger partial charge in [0.1, 0.15) is 10.6 Å². The number of morpholine rings is 1. The van der Waals surface area contributed by atoms with Crippen LogP contribution in [0.2, 0.25) is 0 Å². The maximum Gasteiger partial charge on any atom is 0.306 e. The zero-order valence-electron chi connectivity index (χ0n) is 19.3. The van der Waals surface area contributed by atoms with Gasteiger partial charge in [-0.15, -0.1) is 0 Å². The van der Waals surface area contributed by atoms with Crippen molar-refractivity contribution < 1.29 is 35.8 Å². The first-order valence-electron chi connectivity index (χ1n) is 11.0. The molecule has 0 saturated carbocycles. The normalized spacial score (nSPS) is 21.5. The van der Waals surface area contributed by atoms with E-state index in [4.69, 9.17) is 9.47 Å². The highest BCUT2D eigenvalue weighted by atomic mass is 32.2. The Hall–Kier alpha value is -1.76. The van der Waals surface area contributed by atoms with Crippen molar-refractivity contribution in [2.75, 3.05) is 57.0 Å². The molecular weight excluding hydrogens is 472 g/mol. The summed E-state index contributed by atoms with van der Waals surface area (Å²) in [6.07, 6.45) is 2.05. The maximum atomic E-state index is 13.1. The third kappa shape index (κ3) is 5.50. The van der Waals surface area contributed by atoms with Crippen molar-refractivity contribution in [2.24, 2.45) is 0 Å². The molecule has 2 aliphatic rings. The van der Waals surface area contributed by atoms with E-state index in [1.807, 2.05) is 11.8 Å². The van der Waals surface area contributed by atoms with E-state index in [9.17, 15) is 21.6 Å². The van der Waals surface area contributed by atoms with Crippen LogP contribution in [0.1, 0.15) is 38.2 Å². The molecule has 0 aromatic carbocycles. The average Bonchev–Trinajstić information content (AvgIpc) is 2.82. The number of carbonyl (C=O) groups excluding carboxylic acids is 1. The highest BCUT2D eigenvalue weighted by Crippen LogP contribution is 2.41. The summed E-state index contributed by atoms with van der Waals surface area (Å²) in [5.41, 5.74) is 0.385. The van der Waals surface area contributed by atoms with E-state index in [0.29, 0.717) is 31.1 Å². The quantitative estimate of drug-likeness (QED) is 0.474. The summed E-state index contributed by atoms with van der Waals surface area (Å²) in [6, 6.07) is 3.03. The highest BCUT2D eigenvalue weighted by Gasteiger charge is 2.45. The molecule has 2 saturated heterocycles. The lowest BCUT2D eigenvalue weighted by Gasteiger charge is -2.39. The van der Waals surface area contributed by atoms with Crippen LogP contribution in [0.25, 0.3) is 0 Å². The van der Waals surface area contributed by atoms with Crippen LogP contribution >= 0.6 is 0 Å². The molecule has 0 bridgehead atoms. The van der Waals surface area contributed by atoms with Crippen LogP contribution in [0.4, 0.5) is 5.82 Å². The second-order valence-corrected chi connectivity index (χ2v) is 12.8. The lowest BCUT2D eigenvalue weighted by Crippen LogP contribution is -2.46. The van der Waals surface area contributed by atoms with E-state index in [0.717, 1.165) is 6.42 Å². The van der Waals surface area contributed by atoms with Gasteiger partial charge < -0.3 is 19.1 Å². The summed E-state index contributed by atoms with van der Waals surface area (Å²) in [6.45, 7) is 3.94. The number of aromatic nitrogens is 1. The Balaban J connectivity index is 2.16. The minimum atomic E-state index is -3.98. The SMILES string of the molecule is CC[C@H]1COCCN1c1cc(C2(S(C)(=O)=O)CCOCC2)cc(S(=O)(=O)CCC(=O)OC)n1. The Labute approximate surface area is 195 Å². The van der Waals surface area contributed by atoms with Gasteiger partial charge in [-0.2, -0.15) is 0 Å². The first kappa shape index (κ1) is 25.9. The van der Waals surface area contributed by atoms with Crippen molar-refractivity contribution in [1.82, 2.24) is 4.98 Å². The van der Waals surface area contributed by atoms with Crippen LogP contribution in [-0.4, -0.2) is 85.9 Å². The Morgan fingerprint density at radius 1 is 1.18 bits per heavy atom. The van der Waals surface area contributed by atoms with Gasteiger partial charge in [-0.1, -0.05) is 6.92 Å². The summed E-state index contributed by atoms with van der Waals surface area (Å²) >= 11 is 0. The molecule has 0 spiro atoms. The zero-order valence-corrected chi connectivity index (χ0v) is 20.9. The Kier molecular flexibility index (Phi) is 8.03. The number of anilines is 1. The molecule has 0 N–H and O–H groups in total. The smallest absolute Gasteiger partial charge is 0.306 e. The second kappa shape index (κ2) is 10.2. The largest absolute Gasteiger partial charge is 0.469 e. The summed E-state index contributed by atoms with van der Waals surface area (Å²) in [5, 5.41) is -0.241. The number of pyridine rings is 1. The lowest BCUT2D eigenvalue weighted by molar-refractivity contribution is -0.140. The van der Waals surface area contributed by atoms with Crippen molar-refractivity contribution in [3.05, 3.63) is 17.7 Å². The Morgan fingerprint density at radius 3 is 2.48 bits per heavy atom. The second-order valence-electron chi connectivity index (χ2n) is 8.41. The van der Waals surface area contributed by atoms with Gasteiger partial charge in [0, 0.05) is 26.0 Å². The topological polar surface area (TPSA) is 129 Å². The number of ether oxygens (including phenoxy) is 3. The van der Waals surface area contributed by atoms with E-state index in [-0.39, 0.29) is 43.5 Å². The van der Waals surface area contributed by atoms with Crippen LogP contribution < -0.4 is 4.90 Å². The molecule has 3 heterocycles. The van der Waals surface area contributed by atoms with Crippen molar-refractivity contribution in [3.63, 3.8) is 0 Å². The predicted molar refractivity (Wildman–Crippen MR) is 122 cm³/mol. The minimum absolute atomic E-state index is 0.0176. The fourth-order valence-corrected chi connectivity index (χ4v) is 6.99. The molecule has 186 valence electrons. The number of methoxy groups -OCH3 is 1. The Bertz CT molecular complexity index is 1070. The van der Waals surface area contributed by atoms with E-state index in [2.05, 4.69) is 9.72 Å². The van der Waals surface area contributed by atoms with E-state index in [1.165, 1.54) is 19.4 Å². The van der Waals surface area contributed by atoms with Crippen molar-refractivity contribution >= 4 is 31.5 Å². The standard InChI is InChI=1S/C21H32N2O8S2/c1-4-17-15-31-11-8-23(17)18-13-16(21(32(3,25)26)6-9-30-10-7-21)14-19(22-18)33(27,28)12-5-20(24)29-2/h13-14,17H,4-12,15H2,1-3H3/t17-/m0/s1. The molecule has 0 radical (unpaired) electrons. The molecule has 2 aliphatic heterocycles. The number of sulfone groups is 2. The number of nitrogens with zero attached hydrogens (tertiary/aromatic N) is 2. The van der Waals surface area contributed by atoms with Gasteiger partial charge in [0.15, 0.2) is 24.7 Å². The third-order valence-corrected chi connectivity index (χ3v) is 10.1. The van der Waals surface area contributed by atoms with Gasteiger partial charge in [-0.05, 0) is 37.0 Å². The van der Waals surface area contributed by atoms with Crippen LogP contribution in [0.5, 0.6) is 0 Å². The molecular formula is C21H32N2O8S2. The van der Waals surface area contributed by atoms with Crippen LogP contribution in [0.15, 0.2) is 17.2 Å². The first-order chi connectivity index (χ1) is 15.5. The molecule has 0 unspecified atom stereocenters. The van der Waals surface area contributed by atoms with Crippen LogP contribution in [0.3, 0.4) is 0 Å². The summed E-state index contributed by atoms with van der Waals surface area (Å²) in [7, 11) is -6.41. The molecule has 2 fully saturated rings. The first-order valence-corrected chi connectivity index (χ1v) is 14.5. The van der Waals surface area contributed by atoms with Gasteiger partial charge in [-0.25, -0.2) is 21.8 Å². The monoisotopic (exact) mass is 504 g/mol. The van der Waals surface area contributed by atoms with E-state index >= 15 is 0 Å².